The fraction of sp³-hybridized carbons (Fsp3) is 0.353. The molecule has 0 spiro atoms. The lowest BCUT2D eigenvalue weighted by Crippen LogP contribution is -2.43. The van der Waals surface area contributed by atoms with Gasteiger partial charge in [0, 0.05) is 37.7 Å². The van der Waals surface area contributed by atoms with Crippen molar-refractivity contribution in [1.29, 1.82) is 0 Å². The van der Waals surface area contributed by atoms with Crippen molar-refractivity contribution >= 4 is 29.1 Å². The third kappa shape index (κ3) is 4.18. The molecule has 1 aliphatic rings. The van der Waals surface area contributed by atoms with Gasteiger partial charge < -0.3 is 15.3 Å². The molecule has 1 aromatic carbocycles. The highest BCUT2D eigenvalue weighted by molar-refractivity contribution is 6.30. The average Bonchev–Trinajstić information content (AvgIpc) is 3.13. The van der Waals surface area contributed by atoms with Gasteiger partial charge in [-0.3, -0.25) is 14.3 Å². The zero-order valence-corrected chi connectivity index (χ0v) is 14.5. The second-order valence-corrected chi connectivity index (χ2v) is 6.57. The molecular formula is C17H19ClN4O3. The van der Waals surface area contributed by atoms with Crippen LogP contribution in [0.5, 0.6) is 0 Å². The molecule has 3 rings (SSSR count). The molecule has 2 N–H and O–H groups in total. The molecule has 1 aromatic heterocycles. The number of benzene rings is 1. The second kappa shape index (κ2) is 7.25. The number of anilines is 1. The van der Waals surface area contributed by atoms with Gasteiger partial charge >= 0.3 is 0 Å². The molecule has 2 heterocycles. The Bertz CT molecular complexity index is 792. The molecule has 0 bridgehead atoms. The fourth-order valence-corrected chi connectivity index (χ4v) is 3.09. The zero-order chi connectivity index (χ0) is 18.0. The molecule has 7 nitrogen and oxygen atoms in total. The number of amides is 2. The van der Waals surface area contributed by atoms with Crippen molar-refractivity contribution in [2.24, 2.45) is 7.05 Å². The van der Waals surface area contributed by atoms with Crippen LogP contribution in [0.15, 0.2) is 36.7 Å². The first kappa shape index (κ1) is 17.4. The first-order chi connectivity index (χ1) is 11.9. The van der Waals surface area contributed by atoms with Gasteiger partial charge in [-0.25, -0.2) is 0 Å². The van der Waals surface area contributed by atoms with E-state index >= 15 is 0 Å². The molecule has 132 valence electrons. The smallest absolute Gasteiger partial charge is 0.249 e. The fourth-order valence-electron chi connectivity index (χ4n) is 2.88. The molecule has 2 atom stereocenters. The molecular weight excluding hydrogens is 344 g/mol. The van der Waals surface area contributed by atoms with Gasteiger partial charge in [-0.2, -0.15) is 5.10 Å². The van der Waals surface area contributed by atoms with Crippen LogP contribution in [0.1, 0.15) is 12.0 Å². The quantitative estimate of drug-likeness (QED) is 0.827. The van der Waals surface area contributed by atoms with Crippen LogP contribution in [0.3, 0.4) is 0 Å². The Kier molecular flexibility index (Phi) is 5.06. The van der Waals surface area contributed by atoms with E-state index in [2.05, 4.69) is 10.4 Å². The summed E-state index contributed by atoms with van der Waals surface area (Å²) in [7, 11) is 1.77. The number of carbonyl (C=O) groups excluding carboxylic acids is 2. The van der Waals surface area contributed by atoms with Crippen LogP contribution >= 0.6 is 11.6 Å². The van der Waals surface area contributed by atoms with E-state index < -0.39 is 12.0 Å². The number of hydrogen-bond acceptors (Lipinski definition) is 4. The van der Waals surface area contributed by atoms with E-state index in [1.165, 1.54) is 0 Å². The molecule has 0 saturated carbocycles. The van der Waals surface area contributed by atoms with Crippen molar-refractivity contribution in [2.75, 3.05) is 11.4 Å². The maximum atomic E-state index is 12.2. The molecule has 2 amide bonds. The lowest BCUT2D eigenvalue weighted by Gasteiger charge is -2.17. The van der Waals surface area contributed by atoms with Crippen LogP contribution in [-0.2, 0) is 23.1 Å². The molecule has 8 heteroatoms. The number of aromatic nitrogens is 2. The predicted molar refractivity (Wildman–Crippen MR) is 93.3 cm³/mol. The number of nitrogens with one attached hydrogen (secondary N) is 1. The van der Waals surface area contributed by atoms with Gasteiger partial charge in [0.05, 0.1) is 17.9 Å². The van der Waals surface area contributed by atoms with Crippen molar-refractivity contribution in [3.63, 3.8) is 0 Å². The molecule has 2 unspecified atom stereocenters. The molecule has 0 aliphatic carbocycles. The van der Waals surface area contributed by atoms with Crippen LogP contribution < -0.4 is 10.2 Å². The van der Waals surface area contributed by atoms with Crippen LogP contribution in [0, 0.1) is 0 Å². The molecule has 1 fully saturated rings. The van der Waals surface area contributed by atoms with Crippen molar-refractivity contribution in [2.45, 2.75) is 25.0 Å². The maximum absolute atomic E-state index is 12.2. The van der Waals surface area contributed by atoms with Crippen molar-refractivity contribution in [3.05, 3.63) is 47.2 Å². The number of aryl methyl sites for hydroxylation is 1. The monoisotopic (exact) mass is 362 g/mol. The number of halogens is 1. The van der Waals surface area contributed by atoms with Gasteiger partial charge in [0.2, 0.25) is 11.8 Å². The summed E-state index contributed by atoms with van der Waals surface area (Å²) in [4.78, 5) is 25.9. The first-order valence-electron chi connectivity index (χ1n) is 7.94. The van der Waals surface area contributed by atoms with E-state index in [1.54, 1.807) is 53.3 Å². The van der Waals surface area contributed by atoms with Crippen LogP contribution in [0.4, 0.5) is 5.69 Å². The zero-order valence-electron chi connectivity index (χ0n) is 13.7. The van der Waals surface area contributed by atoms with Crippen LogP contribution in [-0.4, -0.2) is 45.4 Å². The van der Waals surface area contributed by atoms with Crippen molar-refractivity contribution < 1.29 is 14.7 Å². The van der Waals surface area contributed by atoms with Gasteiger partial charge in [-0.05, 0) is 17.7 Å². The Morgan fingerprint density at radius 1 is 1.52 bits per heavy atom. The van der Waals surface area contributed by atoms with E-state index in [-0.39, 0.29) is 24.8 Å². The third-order valence-corrected chi connectivity index (χ3v) is 4.33. The lowest BCUT2D eigenvalue weighted by atomic mass is 10.1. The number of aliphatic hydroxyl groups is 1. The Hall–Kier alpha value is -2.38. The van der Waals surface area contributed by atoms with Gasteiger partial charge in [-0.15, -0.1) is 0 Å². The third-order valence-electron chi connectivity index (χ3n) is 4.10. The lowest BCUT2D eigenvalue weighted by molar-refractivity contribution is -0.129. The van der Waals surface area contributed by atoms with E-state index in [0.29, 0.717) is 17.3 Å². The molecule has 1 aliphatic heterocycles. The van der Waals surface area contributed by atoms with Crippen LogP contribution in [0.2, 0.25) is 5.02 Å². The van der Waals surface area contributed by atoms with E-state index in [9.17, 15) is 14.7 Å². The minimum Gasteiger partial charge on any atom is -0.383 e. The molecule has 2 aromatic rings. The first-order valence-corrected chi connectivity index (χ1v) is 8.32. The SMILES string of the molecule is Cn1cc(N2CC(NC(=O)C(O)Cc3cccc(Cl)c3)CC2=O)cn1. The topological polar surface area (TPSA) is 87.5 Å². The molecule has 0 radical (unpaired) electrons. The molecule has 25 heavy (non-hydrogen) atoms. The summed E-state index contributed by atoms with van der Waals surface area (Å²) in [6.45, 7) is 0.361. The highest BCUT2D eigenvalue weighted by Crippen LogP contribution is 2.21. The summed E-state index contributed by atoms with van der Waals surface area (Å²) in [5.41, 5.74) is 1.47. The Balaban J connectivity index is 1.57. The number of rotatable bonds is 5. The van der Waals surface area contributed by atoms with Crippen molar-refractivity contribution in [3.8, 4) is 0 Å². The normalized spacial score (nSPS) is 18.4. The van der Waals surface area contributed by atoms with E-state index in [0.717, 1.165) is 5.56 Å². The second-order valence-electron chi connectivity index (χ2n) is 6.14. The minimum absolute atomic E-state index is 0.0809. The summed E-state index contributed by atoms with van der Waals surface area (Å²) in [6.07, 6.45) is 2.52. The average molecular weight is 363 g/mol. The van der Waals surface area contributed by atoms with E-state index in [1.807, 2.05) is 0 Å². The Labute approximate surface area is 150 Å². The van der Waals surface area contributed by atoms with Crippen molar-refractivity contribution in [1.82, 2.24) is 15.1 Å². The number of hydrogen-bond donors (Lipinski definition) is 2. The summed E-state index contributed by atoms with van der Waals surface area (Å²) in [5.74, 6) is -0.576. The Morgan fingerprint density at radius 3 is 3.00 bits per heavy atom. The van der Waals surface area contributed by atoms with E-state index in [4.69, 9.17) is 11.6 Å². The number of carbonyl (C=O) groups is 2. The highest BCUT2D eigenvalue weighted by atomic mass is 35.5. The number of nitrogens with zero attached hydrogens (tertiary/aromatic N) is 3. The summed E-state index contributed by atoms with van der Waals surface area (Å²) in [6, 6.07) is 6.67. The summed E-state index contributed by atoms with van der Waals surface area (Å²) >= 11 is 5.91. The van der Waals surface area contributed by atoms with Crippen LogP contribution in [0.25, 0.3) is 0 Å². The largest absolute Gasteiger partial charge is 0.383 e. The minimum atomic E-state index is -1.19. The molecule has 1 saturated heterocycles. The summed E-state index contributed by atoms with van der Waals surface area (Å²) in [5, 5.41) is 17.4. The number of aliphatic hydroxyl groups excluding tert-OH is 1. The highest BCUT2D eigenvalue weighted by Gasteiger charge is 2.33. The van der Waals surface area contributed by atoms with Gasteiger partial charge in [0.15, 0.2) is 0 Å². The summed E-state index contributed by atoms with van der Waals surface area (Å²) < 4.78 is 1.61. The van der Waals surface area contributed by atoms with Gasteiger partial charge in [0.25, 0.3) is 0 Å². The van der Waals surface area contributed by atoms with Gasteiger partial charge in [-0.1, -0.05) is 23.7 Å². The van der Waals surface area contributed by atoms with Gasteiger partial charge in [0.1, 0.15) is 6.10 Å². The predicted octanol–water partition coefficient (Wildman–Crippen LogP) is 0.899. The standard InChI is InChI=1S/C17H19ClN4O3/c1-21-10-14(8-19-21)22-9-13(7-16(22)24)20-17(25)15(23)6-11-3-2-4-12(18)5-11/h2-5,8,10,13,15,23H,6-7,9H2,1H3,(H,20,25). The Morgan fingerprint density at radius 2 is 2.32 bits per heavy atom. The maximum Gasteiger partial charge on any atom is 0.249 e.